The van der Waals surface area contributed by atoms with Gasteiger partial charge in [0.25, 0.3) is 0 Å². The molecule has 0 aliphatic heterocycles. The average Bonchev–Trinajstić information content (AvgIpc) is 2.18. The Bertz CT molecular complexity index is 204. The van der Waals surface area contributed by atoms with Crippen molar-refractivity contribution in [3.05, 3.63) is 12.2 Å². The molecule has 1 aliphatic rings. The summed E-state index contributed by atoms with van der Waals surface area (Å²) in [5.41, 5.74) is 0. The molecule has 1 saturated carbocycles. The van der Waals surface area contributed by atoms with E-state index in [1.54, 1.807) is 13.0 Å². The van der Waals surface area contributed by atoms with Gasteiger partial charge in [0, 0.05) is 12.6 Å². The molecule has 14 heavy (non-hydrogen) atoms. The first-order chi connectivity index (χ1) is 6.70. The summed E-state index contributed by atoms with van der Waals surface area (Å²) >= 11 is 0. The summed E-state index contributed by atoms with van der Waals surface area (Å²) in [5, 5.41) is 0. The molecule has 80 valence electrons. The Morgan fingerprint density at radius 1 is 1.36 bits per heavy atom. The number of nitrogens with zero attached hydrogens (tertiary/aromatic N) is 1. The quantitative estimate of drug-likeness (QED) is 0.642. The molecule has 0 radical (unpaired) electrons. The fraction of sp³-hybridized carbons (Fsp3) is 0.750. The average molecular weight is 195 g/mol. The van der Waals surface area contributed by atoms with Crippen molar-refractivity contribution >= 4 is 5.78 Å². The fourth-order valence-electron chi connectivity index (χ4n) is 2.06. The van der Waals surface area contributed by atoms with Gasteiger partial charge in [-0.2, -0.15) is 0 Å². The van der Waals surface area contributed by atoms with Crippen molar-refractivity contribution in [3.63, 3.8) is 0 Å². The minimum absolute atomic E-state index is 0.141. The van der Waals surface area contributed by atoms with E-state index in [1.807, 2.05) is 6.08 Å². The number of ketones is 1. The number of rotatable bonds is 4. The SMILES string of the molecule is CC(=O)/C=C/CN(C)C1CCCCC1. The molecule has 0 unspecified atom stereocenters. The van der Waals surface area contributed by atoms with Gasteiger partial charge in [0.2, 0.25) is 0 Å². The van der Waals surface area contributed by atoms with Crippen molar-refractivity contribution < 1.29 is 4.79 Å². The normalized spacial score (nSPS) is 19.4. The Morgan fingerprint density at radius 3 is 2.57 bits per heavy atom. The highest BCUT2D eigenvalue weighted by Gasteiger charge is 2.16. The van der Waals surface area contributed by atoms with Crippen LogP contribution in [0.1, 0.15) is 39.0 Å². The molecule has 0 aromatic carbocycles. The van der Waals surface area contributed by atoms with Crippen LogP contribution in [0.3, 0.4) is 0 Å². The number of likely N-dealkylation sites (N-methyl/N-ethyl adjacent to an activating group) is 1. The largest absolute Gasteiger partial charge is 0.300 e. The van der Waals surface area contributed by atoms with Crippen molar-refractivity contribution in [2.75, 3.05) is 13.6 Å². The van der Waals surface area contributed by atoms with Crippen LogP contribution < -0.4 is 0 Å². The lowest BCUT2D eigenvalue weighted by Gasteiger charge is -2.30. The van der Waals surface area contributed by atoms with E-state index in [0.717, 1.165) is 12.6 Å². The Labute approximate surface area is 87.0 Å². The van der Waals surface area contributed by atoms with E-state index < -0.39 is 0 Å². The molecule has 0 saturated heterocycles. The molecule has 2 nitrogen and oxygen atoms in total. The van der Waals surface area contributed by atoms with Crippen molar-refractivity contribution in [1.29, 1.82) is 0 Å². The monoisotopic (exact) mass is 195 g/mol. The smallest absolute Gasteiger partial charge is 0.152 e. The highest BCUT2D eigenvalue weighted by atomic mass is 16.1. The minimum atomic E-state index is 0.141. The molecule has 1 aliphatic carbocycles. The maximum atomic E-state index is 10.7. The van der Waals surface area contributed by atoms with Crippen molar-refractivity contribution in [2.45, 2.75) is 45.1 Å². The summed E-state index contributed by atoms with van der Waals surface area (Å²) < 4.78 is 0. The molecule has 2 heteroatoms. The second-order valence-corrected chi connectivity index (χ2v) is 4.24. The molecule has 0 heterocycles. The summed E-state index contributed by atoms with van der Waals surface area (Å²) in [5.74, 6) is 0.141. The summed E-state index contributed by atoms with van der Waals surface area (Å²) in [6.07, 6.45) is 10.4. The molecular formula is C12H21NO. The third-order valence-corrected chi connectivity index (χ3v) is 2.94. The number of allylic oxidation sites excluding steroid dienone is 1. The summed E-state index contributed by atoms with van der Waals surface area (Å²) in [7, 11) is 2.15. The number of carbonyl (C=O) groups is 1. The van der Waals surface area contributed by atoms with E-state index in [1.165, 1.54) is 32.1 Å². The number of hydrogen-bond acceptors (Lipinski definition) is 2. The second-order valence-electron chi connectivity index (χ2n) is 4.24. The van der Waals surface area contributed by atoms with E-state index in [9.17, 15) is 4.79 Å². The van der Waals surface area contributed by atoms with Gasteiger partial charge in [-0.3, -0.25) is 9.69 Å². The highest BCUT2D eigenvalue weighted by molar-refractivity contribution is 5.87. The third-order valence-electron chi connectivity index (χ3n) is 2.94. The molecule has 0 aromatic rings. The van der Waals surface area contributed by atoms with Gasteiger partial charge in [0.1, 0.15) is 0 Å². The van der Waals surface area contributed by atoms with Crippen LogP contribution in [0.15, 0.2) is 12.2 Å². The lowest BCUT2D eigenvalue weighted by molar-refractivity contribution is -0.112. The molecule has 1 rings (SSSR count). The minimum Gasteiger partial charge on any atom is -0.300 e. The van der Waals surface area contributed by atoms with Crippen molar-refractivity contribution in [3.8, 4) is 0 Å². The van der Waals surface area contributed by atoms with Crippen LogP contribution in [-0.4, -0.2) is 30.3 Å². The summed E-state index contributed by atoms with van der Waals surface area (Å²) in [6, 6.07) is 0.736. The summed E-state index contributed by atoms with van der Waals surface area (Å²) in [6.45, 7) is 2.50. The zero-order valence-corrected chi connectivity index (χ0v) is 9.33. The van der Waals surface area contributed by atoms with E-state index >= 15 is 0 Å². The van der Waals surface area contributed by atoms with Crippen LogP contribution in [0, 0.1) is 0 Å². The van der Waals surface area contributed by atoms with Crippen LogP contribution in [0.4, 0.5) is 0 Å². The van der Waals surface area contributed by atoms with E-state index in [-0.39, 0.29) is 5.78 Å². The highest BCUT2D eigenvalue weighted by Crippen LogP contribution is 2.21. The molecular weight excluding hydrogens is 174 g/mol. The van der Waals surface area contributed by atoms with Gasteiger partial charge in [0.15, 0.2) is 5.78 Å². The first-order valence-electron chi connectivity index (χ1n) is 5.57. The van der Waals surface area contributed by atoms with Gasteiger partial charge in [-0.1, -0.05) is 25.3 Å². The Kier molecular flexibility index (Phi) is 4.88. The van der Waals surface area contributed by atoms with Gasteiger partial charge in [0.05, 0.1) is 0 Å². The zero-order chi connectivity index (χ0) is 10.4. The van der Waals surface area contributed by atoms with Crippen LogP contribution >= 0.6 is 0 Å². The van der Waals surface area contributed by atoms with Gasteiger partial charge in [-0.15, -0.1) is 0 Å². The third kappa shape index (κ3) is 4.05. The lowest BCUT2D eigenvalue weighted by Crippen LogP contribution is -2.33. The second kappa shape index (κ2) is 5.97. The first kappa shape index (κ1) is 11.4. The van der Waals surface area contributed by atoms with E-state index in [2.05, 4.69) is 11.9 Å². The zero-order valence-electron chi connectivity index (χ0n) is 9.33. The number of hydrogen-bond donors (Lipinski definition) is 0. The Hall–Kier alpha value is -0.630. The maximum Gasteiger partial charge on any atom is 0.152 e. The maximum absolute atomic E-state index is 10.7. The molecule has 0 aromatic heterocycles. The van der Waals surface area contributed by atoms with Crippen molar-refractivity contribution in [1.82, 2.24) is 4.90 Å². The van der Waals surface area contributed by atoms with Crippen LogP contribution in [-0.2, 0) is 4.79 Å². The topological polar surface area (TPSA) is 20.3 Å². The lowest BCUT2D eigenvalue weighted by atomic mass is 9.94. The van der Waals surface area contributed by atoms with E-state index in [4.69, 9.17) is 0 Å². The Balaban J connectivity index is 2.25. The van der Waals surface area contributed by atoms with Gasteiger partial charge >= 0.3 is 0 Å². The van der Waals surface area contributed by atoms with Crippen LogP contribution in [0.25, 0.3) is 0 Å². The van der Waals surface area contributed by atoms with Gasteiger partial charge in [-0.25, -0.2) is 0 Å². The van der Waals surface area contributed by atoms with Gasteiger partial charge < -0.3 is 0 Å². The molecule has 0 N–H and O–H groups in total. The fourth-order valence-corrected chi connectivity index (χ4v) is 2.06. The van der Waals surface area contributed by atoms with Crippen LogP contribution in [0.5, 0.6) is 0 Å². The predicted octanol–water partition coefficient (Wildman–Crippen LogP) is 2.40. The van der Waals surface area contributed by atoms with Crippen molar-refractivity contribution in [2.24, 2.45) is 0 Å². The Morgan fingerprint density at radius 2 is 2.00 bits per heavy atom. The first-order valence-corrected chi connectivity index (χ1v) is 5.57. The molecule has 1 fully saturated rings. The van der Waals surface area contributed by atoms with Gasteiger partial charge in [-0.05, 0) is 32.9 Å². The predicted molar refractivity (Wildman–Crippen MR) is 59.3 cm³/mol. The molecule has 0 atom stereocenters. The standard InChI is InChI=1S/C12H21NO/c1-11(14)7-6-10-13(2)12-8-4-3-5-9-12/h6-7,12H,3-5,8-10H2,1-2H3/b7-6+. The van der Waals surface area contributed by atoms with Crippen LogP contribution in [0.2, 0.25) is 0 Å². The molecule has 0 bridgehead atoms. The molecule has 0 spiro atoms. The number of carbonyl (C=O) groups excluding carboxylic acids is 1. The van der Waals surface area contributed by atoms with E-state index in [0.29, 0.717) is 0 Å². The molecule has 0 amide bonds. The summed E-state index contributed by atoms with van der Waals surface area (Å²) in [4.78, 5) is 13.1.